The maximum absolute atomic E-state index is 12.8. The normalized spacial score (nSPS) is 24.9. The smallest absolute Gasteiger partial charge is 0.407 e. The number of hydrogen-bond donors (Lipinski definition) is 2. The molecule has 0 radical (unpaired) electrons. The number of benzene rings is 2. The van der Waals surface area contributed by atoms with Crippen LogP contribution >= 0.6 is 0 Å². The van der Waals surface area contributed by atoms with E-state index >= 15 is 0 Å². The number of likely N-dealkylation sites (tertiary alicyclic amines) is 1. The van der Waals surface area contributed by atoms with Crippen molar-refractivity contribution in [3.8, 4) is 11.1 Å². The van der Waals surface area contributed by atoms with Gasteiger partial charge in [-0.3, -0.25) is 9.59 Å². The van der Waals surface area contributed by atoms with Crippen LogP contribution < -0.4 is 5.32 Å². The minimum atomic E-state index is -0.817. The molecule has 2 amide bonds. The lowest BCUT2D eigenvalue weighted by Gasteiger charge is -2.16. The van der Waals surface area contributed by atoms with Crippen molar-refractivity contribution in [3.05, 3.63) is 59.7 Å². The highest BCUT2D eigenvalue weighted by Crippen LogP contribution is 2.44. The van der Waals surface area contributed by atoms with Crippen molar-refractivity contribution in [3.63, 3.8) is 0 Å². The van der Waals surface area contributed by atoms with Gasteiger partial charge in [0.15, 0.2) is 0 Å². The lowest BCUT2D eigenvalue weighted by atomic mass is 9.95. The number of aliphatic carboxylic acids is 1. The maximum atomic E-state index is 12.8. The standard InChI is InChI=1S/C27H30N2O5/c1-16-13-29(14-18(16)11-25(30)31)26(32)23-10-17(23)12-28-27(33)34-15-24-21-8-4-2-6-19(21)20-7-3-5-9-22(20)24/h2-9,16-18,23-24H,10-15H2,1H3,(H,28,33)(H,30,31)/t16-,17?,18-,23?/m1/s1. The molecule has 0 aromatic heterocycles. The fraction of sp³-hybridized carbons (Fsp3) is 0.444. The molecule has 5 rings (SSSR count). The molecule has 2 aliphatic carbocycles. The second kappa shape index (κ2) is 9.12. The number of amides is 2. The fourth-order valence-electron chi connectivity index (χ4n) is 5.58. The molecule has 34 heavy (non-hydrogen) atoms. The number of carbonyl (C=O) groups excluding carboxylic acids is 2. The first-order valence-corrected chi connectivity index (χ1v) is 12.0. The Bertz CT molecular complexity index is 1070. The first-order valence-electron chi connectivity index (χ1n) is 12.0. The lowest BCUT2D eigenvalue weighted by Crippen LogP contribution is -2.33. The quantitative estimate of drug-likeness (QED) is 0.654. The summed E-state index contributed by atoms with van der Waals surface area (Å²) in [6.45, 7) is 3.80. The van der Waals surface area contributed by atoms with E-state index in [1.54, 1.807) is 4.90 Å². The number of carbonyl (C=O) groups is 3. The highest BCUT2D eigenvalue weighted by molar-refractivity contribution is 5.82. The number of nitrogens with one attached hydrogen (secondary N) is 1. The van der Waals surface area contributed by atoms with E-state index < -0.39 is 12.1 Å². The predicted molar refractivity (Wildman–Crippen MR) is 126 cm³/mol. The highest BCUT2D eigenvalue weighted by Gasteiger charge is 2.47. The zero-order chi connectivity index (χ0) is 23.8. The molecular weight excluding hydrogens is 432 g/mol. The molecule has 7 nitrogen and oxygen atoms in total. The van der Waals surface area contributed by atoms with Gasteiger partial charge < -0.3 is 20.1 Å². The molecule has 1 saturated carbocycles. The maximum Gasteiger partial charge on any atom is 0.407 e. The van der Waals surface area contributed by atoms with Crippen LogP contribution in [0, 0.1) is 23.7 Å². The number of carboxylic acids is 1. The summed E-state index contributed by atoms with van der Waals surface area (Å²) in [5.41, 5.74) is 4.72. The van der Waals surface area contributed by atoms with E-state index in [0.29, 0.717) is 19.6 Å². The summed E-state index contributed by atoms with van der Waals surface area (Å²) in [5, 5.41) is 11.9. The molecule has 0 bridgehead atoms. The van der Waals surface area contributed by atoms with Gasteiger partial charge in [-0.15, -0.1) is 0 Å². The summed E-state index contributed by atoms with van der Waals surface area (Å²) >= 11 is 0. The topological polar surface area (TPSA) is 95.9 Å². The zero-order valence-corrected chi connectivity index (χ0v) is 19.3. The van der Waals surface area contributed by atoms with Crippen LogP contribution in [0.4, 0.5) is 4.79 Å². The molecule has 2 N–H and O–H groups in total. The Labute approximate surface area is 199 Å². The molecular formula is C27H30N2O5. The number of rotatable bonds is 7. The van der Waals surface area contributed by atoms with Gasteiger partial charge in [0.1, 0.15) is 6.61 Å². The van der Waals surface area contributed by atoms with E-state index in [9.17, 15) is 14.4 Å². The van der Waals surface area contributed by atoms with Crippen LogP contribution in [0.5, 0.6) is 0 Å². The number of ether oxygens (including phenoxy) is 1. The van der Waals surface area contributed by atoms with Gasteiger partial charge in [0, 0.05) is 31.5 Å². The third-order valence-electron chi connectivity index (χ3n) is 7.61. The summed E-state index contributed by atoms with van der Waals surface area (Å²) in [6, 6.07) is 16.4. The molecule has 178 valence electrons. The molecule has 2 unspecified atom stereocenters. The second-order valence-corrected chi connectivity index (χ2v) is 9.89. The van der Waals surface area contributed by atoms with Gasteiger partial charge in [-0.2, -0.15) is 0 Å². The van der Waals surface area contributed by atoms with Gasteiger partial charge in [-0.05, 0) is 46.4 Å². The number of carboxylic acid groups (broad SMARTS) is 1. The molecule has 0 spiro atoms. The van der Waals surface area contributed by atoms with Crippen molar-refractivity contribution < 1.29 is 24.2 Å². The third-order valence-corrected chi connectivity index (χ3v) is 7.61. The van der Waals surface area contributed by atoms with Crippen molar-refractivity contribution in [2.45, 2.75) is 25.7 Å². The van der Waals surface area contributed by atoms with Crippen LogP contribution in [0.15, 0.2) is 48.5 Å². The van der Waals surface area contributed by atoms with E-state index in [2.05, 4.69) is 29.6 Å². The predicted octanol–water partition coefficient (Wildman–Crippen LogP) is 3.73. The lowest BCUT2D eigenvalue weighted by molar-refractivity contribution is -0.138. The van der Waals surface area contributed by atoms with Crippen LogP contribution in [0.1, 0.15) is 36.8 Å². The number of hydrogen-bond acceptors (Lipinski definition) is 4. The average Bonchev–Trinajstić information content (AvgIpc) is 3.42. The first-order chi connectivity index (χ1) is 16.4. The Morgan fingerprint density at radius 2 is 1.65 bits per heavy atom. The average molecular weight is 463 g/mol. The Hall–Kier alpha value is -3.35. The SMILES string of the molecule is C[C@@H]1CN(C(=O)C2CC2CNC(=O)OCC2c3ccccc3-c3ccccc32)C[C@H]1CC(=O)O. The zero-order valence-electron chi connectivity index (χ0n) is 19.3. The molecule has 7 heteroatoms. The first kappa shape index (κ1) is 22.4. The van der Waals surface area contributed by atoms with E-state index in [1.165, 1.54) is 22.3 Å². The number of alkyl carbamates (subject to hydrolysis) is 1. The molecule has 1 heterocycles. The van der Waals surface area contributed by atoms with E-state index in [-0.39, 0.29) is 48.5 Å². The molecule has 3 aliphatic rings. The van der Waals surface area contributed by atoms with Crippen LogP contribution in [-0.4, -0.2) is 54.2 Å². The van der Waals surface area contributed by atoms with Gasteiger partial charge in [0.25, 0.3) is 0 Å². The molecule has 2 aromatic carbocycles. The molecule has 1 aliphatic heterocycles. The van der Waals surface area contributed by atoms with Gasteiger partial charge >= 0.3 is 12.1 Å². The monoisotopic (exact) mass is 462 g/mol. The van der Waals surface area contributed by atoms with E-state index in [0.717, 1.165) is 6.42 Å². The summed E-state index contributed by atoms with van der Waals surface area (Å²) in [7, 11) is 0. The minimum Gasteiger partial charge on any atom is -0.481 e. The van der Waals surface area contributed by atoms with E-state index in [1.807, 2.05) is 31.2 Å². The Morgan fingerprint density at radius 1 is 1.00 bits per heavy atom. The second-order valence-electron chi connectivity index (χ2n) is 9.89. The Morgan fingerprint density at radius 3 is 2.29 bits per heavy atom. The van der Waals surface area contributed by atoms with Crippen molar-refractivity contribution in [2.24, 2.45) is 23.7 Å². The summed E-state index contributed by atoms with van der Waals surface area (Å²) in [6.07, 6.45) is 0.385. The van der Waals surface area contributed by atoms with Crippen molar-refractivity contribution in [1.29, 1.82) is 0 Å². The van der Waals surface area contributed by atoms with E-state index in [4.69, 9.17) is 9.84 Å². The summed E-state index contributed by atoms with van der Waals surface area (Å²) in [4.78, 5) is 38.0. The Balaban J connectivity index is 1.09. The molecule has 1 saturated heterocycles. The minimum absolute atomic E-state index is 0.0117. The summed E-state index contributed by atoms with van der Waals surface area (Å²) in [5.74, 6) is -0.494. The van der Waals surface area contributed by atoms with Crippen molar-refractivity contribution >= 4 is 18.0 Å². The summed E-state index contributed by atoms with van der Waals surface area (Å²) < 4.78 is 5.58. The largest absolute Gasteiger partial charge is 0.481 e. The van der Waals surface area contributed by atoms with Gasteiger partial charge in [0.05, 0.1) is 6.42 Å². The fourth-order valence-corrected chi connectivity index (χ4v) is 5.58. The van der Waals surface area contributed by atoms with Crippen LogP contribution in [0.3, 0.4) is 0 Å². The highest BCUT2D eigenvalue weighted by atomic mass is 16.5. The van der Waals surface area contributed by atoms with Crippen molar-refractivity contribution in [2.75, 3.05) is 26.2 Å². The molecule has 2 aromatic rings. The number of nitrogens with zero attached hydrogens (tertiary/aromatic N) is 1. The number of fused-ring (bicyclic) bond motifs is 3. The Kier molecular flexibility index (Phi) is 6.02. The van der Waals surface area contributed by atoms with Crippen LogP contribution in [-0.2, 0) is 14.3 Å². The van der Waals surface area contributed by atoms with Crippen LogP contribution in [0.25, 0.3) is 11.1 Å². The van der Waals surface area contributed by atoms with Crippen molar-refractivity contribution in [1.82, 2.24) is 10.2 Å². The van der Waals surface area contributed by atoms with Gasteiger partial charge in [-0.25, -0.2) is 4.79 Å². The van der Waals surface area contributed by atoms with Gasteiger partial charge in [0.2, 0.25) is 5.91 Å². The van der Waals surface area contributed by atoms with Crippen LogP contribution in [0.2, 0.25) is 0 Å². The molecule has 2 fully saturated rings. The third kappa shape index (κ3) is 4.39. The molecule has 4 atom stereocenters. The van der Waals surface area contributed by atoms with Gasteiger partial charge in [-0.1, -0.05) is 55.5 Å².